The van der Waals surface area contributed by atoms with Gasteiger partial charge in [-0.3, -0.25) is 9.69 Å². The van der Waals surface area contributed by atoms with Gasteiger partial charge in [0.15, 0.2) is 0 Å². The highest BCUT2D eigenvalue weighted by Crippen LogP contribution is 2.15. The van der Waals surface area contributed by atoms with E-state index in [1.54, 1.807) is 26.0 Å². The first-order chi connectivity index (χ1) is 8.99. The average molecular weight is 265 g/mol. The molecule has 0 bridgehead atoms. The zero-order valence-electron chi connectivity index (χ0n) is 10.9. The van der Waals surface area contributed by atoms with E-state index in [0.29, 0.717) is 24.3 Å². The molecule has 6 heteroatoms. The van der Waals surface area contributed by atoms with Crippen molar-refractivity contribution < 1.29 is 14.0 Å². The molecular formula is C13H16FN3O2. The lowest BCUT2D eigenvalue weighted by molar-refractivity contribution is -0.128. The second-order valence-electron chi connectivity index (χ2n) is 4.55. The summed E-state index contributed by atoms with van der Waals surface area (Å²) in [7, 11) is 0. The van der Waals surface area contributed by atoms with Gasteiger partial charge in [-0.05, 0) is 31.5 Å². The topological polar surface area (TPSA) is 61.4 Å². The number of benzene rings is 1. The van der Waals surface area contributed by atoms with E-state index in [1.165, 1.54) is 6.07 Å². The van der Waals surface area contributed by atoms with Crippen molar-refractivity contribution in [2.45, 2.75) is 19.9 Å². The van der Waals surface area contributed by atoms with Gasteiger partial charge in [0.25, 0.3) is 5.91 Å². The van der Waals surface area contributed by atoms with Crippen molar-refractivity contribution in [1.29, 1.82) is 0 Å². The van der Waals surface area contributed by atoms with Crippen LogP contribution in [0.1, 0.15) is 12.5 Å². The number of rotatable bonds is 3. The normalized spacial score (nSPS) is 16.2. The smallest absolute Gasteiger partial charge is 0.324 e. The molecule has 0 radical (unpaired) electrons. The minimum Gasteiger partial charge on any atom is -0.374 e. The van der Waals surface area contributed by atoms with Crippen LogP contribution in [0, 0.1) is 12.7 Å². The Morgan fingerprint density at radius 1 is 1.53 bits per heavy atom. The van der Waals surface area contributed by atoms with Gasteiger partial charge in [0.1, 0.15) is 11.9 Å². The Morgan fingerprint density at radius 3 is 2.84 bits per heavy atom. The maximum atomic E-state index is 13.4. The Balaban J connectivity index is 2.03. The number of nitrogens with zero attached hydrogens (tertiary/aromatic N) is 1. The average Bonchev–Trinajstić information content (AvgIpc) is 2.79. The summed E-state index contributed by atoms with van der Waals surface area (Å²) in [6, 6.07) is 3.70. The lowest BCUT2D eigenvalue weighted by atomic mass is 10.2. The fourth-order valence-corrected chi connectivity index (χ4v) is 1.91. The molecule has 3 amide bonds. The van der Waals surface area contributed by atoms with Gasteiger partial charge in [0.2, 0.25) is 0 Å². The number of nitrogens with one attached hydrogen (secondary N) is 2. The van der Waals surface area contributed by atoms with Crippen LogP contribution < -0.4 is 10.6 Å². The predicted octanol–water partition coefficient (Wildman–Crippen LogP) is 1.49. The van der Waals surface area contributed by atoms with Crippen LogP contribution in [0.4, 0.5) is 14.9 Å². The van der Waals surface area contributed by atoms with E-state index >= 15 is 0 Å². The van der Waals surface area contributed by atoms with Crippen molar-refractivity contribution >= 4 is 17.6 Å². The zero-order chi connectivity index (χ0) is 14.0. The molecule has 1 fully saturated rings. The number of carbonyl (C=O) groups excluding carboxylic acids is 2. The molecule has 1 aliphatic rings. The van der Waals surface area contributed by atoms with Crippen LogP contribution in [0.2, 0.25) is 0 Å². The third-order valence-corrected chi connectivity index (χ3v) is 3.05. The highest BCUT2D eigenvalue weighted by atomic mass is 19.1. The first-order valence-electron chi connectivity index (χ1n) is 6.11. The third-order valence-electron chi connectivity index (χ3n) is 3.05. The second kappa shape index (κ2) is 5.26. The molecule has 0 unspecified atom stereocenters. The van der Waals surface area contributed by atoms with E-state index in [-0.39, 0.29) is 17.8 Å². The molecule has 0 saturated carbocycles. The number of amides is 3. The number of hydrogen-bond acceptors (Lipinski definition) is 3. The fraction of sp³-hybridized carbons (Fsp3) is 0.385. The molecule has 5 nitrogen and oxygen atoms in total. The van der Waals surface area contributed by atoms with Crippen molar-refractivity contribution in [3.63, 3.8) is 0 Å². The molecule has 2 rings (SSSR count). The fourth-order valence-electron chi connectivity index (χ4n) is 1.91. The van der Waals surface area contributed by atoms with Crippen molar-refractivity contribution in [3.8, 4) is 0 Å². The van der Waals surface area contributed by atoms with Crippen molar-refractivity contribution in [1.82, 2.24) is 10.2 Å². The Morgan fingerprint density at radius 2 is 2.26 bits per heavy atom. The summed E-state index contributed by atoms with van der Waals surface area (Å²) in [5.74, 6) is -0.653. The Kier molecular flexibility index (Phi) is 3.69. The second-order valence-corrected chi connectivity index (χ2v) is 4.55. The van der Waals surface area contributed by atoms with Crippen molar-refractivity contribution in [2.24, 2.45) is 0 Å². The lowest BCUT2D eigenvalue weighted by Crippen LogP contribution is -2.43. The molecule has 1 aliphatic heterocycles. The van der Waals surface area contributed by atoms with E-state index in [2.05, 4.69) is 10.6 Å². The maximum absolute atomic E-state index is 13.4. The molecule has 1 aromatic rings. The molecule has 0 aliphatic carbocycles. The van der Waals surface area contributed by atoms with Gasteiger partial charge in [0, 0.05) is 18.8 Å². The quantitative estimate of drug-likeness (QED) is 0.870. The first kappa shape index (κ1) is 13.3. The molecule has 1 aromatic carbocycles. The van der Waals surface area contributed by atoms with Crippen LogP contribution in [0.25, 0.3) is 0 Å². The van der Waals surface area contributed by atoms with E-state index < -0.39 is 6.04 Å². The third kappa shape index (κ3) is 2.83. The standard InChI is InChI=1S/C13H16FN3O2/c1-8-3-4-10(7-11(8)14)16-9(2)12(18)17-6-5-15-13(17)19/h3-4,7,9,16H,5-6H2,1-2H3,(H,15,19)/t9-/m0/s1. The summed E-state index contributed by atoms with van der Waals surface area (Å²) in [6.45, 7) is 4.15. The molecule has 0 aromatic heterocycles. The maximum Gasteiger partial charge on any atom is 0.324 e. The zero-order valence-corrected chi connectivity index (χ0v) is 10.9. The lowest BCUT2D eigenvalue weighted by Gasteiger charge is -2.19. The number of imide groups is 1. The van der Waals surface area contributed by atoms with Gasteiger partial charge in [-0.15, -0.1) is 0 Å². The van der Waals surface area contributed by atoms with Crippen LogP contribution in [0.15, 0.2) is 18.2 Å². The monoisotopic (exact) mass is 265 g/mol. The number of urea groups is 1. The number of hydrogen-bond donors (Lipinski definition) is 2. The van der Waals surface area contributed by atoms with Crippen LogP contribution in [-0.2, 0) is 4.79 Å². The van der Waals surface area contributed by atoms with Gasteiger partial charge < -0.3 is 10.6 Å². The van der Waals surface area contributed by atoms with Crippen LogP contribution in [0.3, 0.4) is 0 Å². The highest BCUT2D eigenvalue weighted by Gasteiger charge is 2.29. The van der Waals surface area contributed by atoms with Crippen molar-refractivity contribution in [3.05, 3.63) is 29.6 Å². The molecular weight excluding hydrogens is 249 g/mol. The predicted molar refractivity (Wildman–Crippen MR) is 69.3 cm³/mol. The van der Waals surface area contributed by atoms with Gasteiger partial charge in [0.05, 0.1) is 0 Å². The summed E-state index contributed by atoms with van der Waals surface area (Å²) in [4.78, 5) is 24.6. The van der Waals surface area contributed by atoms with Gasteiger partial charge in [-0.2, -0.15) is 0 Å². The summed E-state index contributed by atoms with van der Waals surface area (Å²) in [5.41, 5.74) is 1.06. The highest BCUT2D eigenvalue weighted by molar-refractivity contribution is 5.99. The van der Waals surface area contributed by atoms with Gasteiger partial charge in [-0.25, -0.2) is 9.18 Å². The molecule has 1 saturated heterocycles. The van der Waals surface area contributed by atoms with E-state index in [0.717, 1.165) is 4.90 Å². The number of carbonyl (C=O) groups is 2. The summed E-state index contributed by atoms with van der Waals surface area (Å²) >= 11 is 0. The van der Waals surface area contributed by atoms with Crippen molar-refractivity contribution in [2.75, 3.05) is 18.4 Å². The summed E-state index contributed by atoms with van der Waals surface area (Å²) in [6.07, 6.45) is 0. The summed E-state index contributed by atoms with van der Waals surface area (Å²) in [5, 5.41) is 5.46. The minimum absolute atomic E-state index is 0.323. The van der Waals surface area contributed by atoms with Gasteiger partial charge in [-0.1, -0.05) is 6.07 Å². The summed E-state index contributed by atoms with van der Waals surface area (Å²) < 4.78 is 13.4. The van der Waals surface area contributed by atoms with Gasteiger partial charge >= 0.3 is 6.03 Å². The van der Waals surface area contributed by atoms with E-state index in [9.17, 15) is 14.0 Å². The van der Waals surface area contributed by atoms with Crippen LogP contribution >= 0.6 is 0 Å². The Labute approximate surface area is 110 Å². The molecule has 2 N–H and O–H groups in total. The SMILES string of the molecule is Cc1ccc(N[C@@H](C)C(=O)N2CCNC2=O)cc1F. The molecule has 19 heavy (non-hydrogen) atoms. The number of halogens is 1. The minimum atomic E-state index is -0.592. The van der Waals surface area contributed by atoms with Crippen LogP contribution in [0.5, 0.6) is 0 Å². The largest absolute Gasteiger partial charge is 0.374 e. The molecule has 0 spiro atoms. The van der Waals surface area contributed by atoms with E-state index in [4.69, 9.17) is 0 Å². The molecule has 1 atom stereocenters. The Bertz CT molecular complexity index is 519. The van der Waals surface area contributed by atoms with E-state index in [1.807, 2.05) is 0 Å². The molecule has 1 heterocycles. The molecule has 102 valence electrons. The number of aryl methyl sites for hydroxylation is 1. The number of anilines is 1. The first-order valence-corrected chi connectivity index (χ1v) is 6.11. The van der Waals surface area contributed by atoms with Crippen LogP contribution in [-0.4, -0.2) is 36.0 Å². The Hall–Kier alpha value is -2.11.